The van der Waals surface area contributed by atoms with Crippen molar-refractivity contribution in [1.29, 1.82) is 0 Å². The van der Waals surface area contributed by atoms with E-state index in [0.29, 0.717) is 40.5 Å². The van der Waals surface area contributed by atoms with Crippen molar-refractivity contribution in [3.05, 3.63) is 59.9 Å². The molecule has 0 spiro atoms. The molecule has 1 saturated carbocycles. The van der Waals surface area contributed by atoms with Gasteiger partial charge in [0.15, 0.2) is 11.6 Å². The average Bonchev–Trinajstić information content (AvgIpc) is 3.33. The SMILES string of the molecule is NC(=O)c1cc2c(cc1F)OCc1cnc(-c3cccc(-c4nncn4C4CC4)n3)n1-2. The number of pyridine rings is 1. The number of rotatable bonds is 4. The number of nitrogens with two attached hydrogens (primary N) is 1. The molecule has 0 unspecified atom stereocenters. The van der Waals surface area contributed by atoms with Gasteiger partial charge in [0.05, 0.1) is 23.1 Å². The zero-order chi connectivity index (χ0) is 21.1. The minimum Gasteiger partial charge on any atom is -0.485 e. The van der Waals surface area contributed by atoms with Crippen LogP contribution in [0, 0.1) is 5.82 Å². The lowest BCUT2D eigenvalue weighted by Gasteiger charge is -2.22. The van der Waals surface area contributed by atoms with E-state index in [4.69, 9.17) is 15.5 Å². The first-order chi connectivity index (χ1) is 15.1. The molecule has 0 bridgehead atoms. The number of ether oxygens (including phenoxy) is 1. The van der Waals surface area contributed by atoms with Crippen LogP contribution in [0.1, 0.15) is 34.9 Å². The highest BCUT2D eigenvalue weighted by Crippen LogP contribution is 2.38. The van der Waals surface area contributed by atoms with Gasteiger partial charge in [0.2, 0.25) is 0 Å². The lowest BCUT2D eigenvalue weighted by molar-refractivity contribution is 0.0996. The molecule has 1 aliphatic heterocycles. The molecule has 1 fully saturated rings. The van der Waals surface area contributed by atoms with Gasteiger partial charge >= 0.3 is 0 Å². The molecule has 10 heteroatoms. The third kappa shape index (κ3) is 2.79. The van der Waals surface area contributed by atoms with E-state index in [0.717, 1.165) is 18.5 Å². The number of hydrogen-bond donors (Lipinski definition) is 1. The maximum atomic E-state index is 14.2. The lowest BCUT2D eigenvalue weighted by Crippen LogP contribution is -2.18. The monoisotopic (exact) mass is 417 g/mol. The normalized spacial score (nSPS) is 14.6. The van der Waals surface area contributed by atoms with Crippen LogP contribution >= 0.6 is 0 Å². The Balaban J connectivity index is 1.49. The van der Waals surface area contributed by atoms with E-state index in [9.17, 15) is 9.18 Å². The summed E-state index contributed by atoms with van der Waals surface area (Å²) in [6.07, 6.45) is 5.61. The first kappa shape index (κ1) is 17.8. The van der Waals surface area contributed by atoms with Gasteiger partial charge in [0.25, 0.3) is 5.91 Å². The van der Waals surface area contributed by atoms with Crippen LogP contribution in [0.3, 0.4) is 0 Å². The molecule has 0 atom stereocenters. The molecule has 2 N–H and O–H groups in total. The summed E-state index contributed by atoms with van der Waals surface area (Å²) >= 11 is 0. The molecule has 1 amide bonds. The molecule has 3 aromatic heterocycles. The number of nitrogens with zero attached hydrogens (tertiary/aromatic N) is 6. The summed E-state index contributed by atoms with van der Waals surface area (Å²) in [6.45, 7) is 0.213. The smallest absolute Gasteiger partial charge is 0.251 e. The molecular weight excluding hydrogens is 401 g/mol. The molecule has 1 aliphatic carbocycles. The van der Waals surface area contributed by atoms with Gasteiger partial charge in [-0.05, 0) is 31.0 Å². The third-order valence-corrected chi connectivity index (χ3v) is 5.49. The third-order valence-electron chi connectivity index (χ3n) is 5.49. The number of carbonyl (C=O) groups excluding carboxylic acids is 1. The number of amides is 1. The Morgan fingerprint density at radius 1 is 1.19 bits per heavy atom. The number of aromatic nitrogens is 6. The second-order valence-corrected chi connectivity index (χ2v) is 7.56. The van der Waals surface area contributed by atoms with E-state index in [1.165, 1.54) is 12.1 Å². The van der Waals surface area contributed by atoms with E-state index < -0.39 is 11.7 Å². The van der Waals surface area contributed by atoms with Crippen LogP contribution in [0.25, 0.3) is 28.7 Å². The second-order valence-electron chi connectivity index (χ2n) is 7.56. The Morgan fingerprint density at radius 2 is 2.00 bits per heavy atom. The Labute approximate surface area is 175 Å². The minimum absolute atomic E-state index is 0.213. The first-order valence-corrected chi connectivity index (χ1v) is 9.80. The number of carbonyl (C=O) groups is 1. The van der Waals surface area contributed by atoms with Gasteiger partial charge in [-0.3, -0.25) is 9.36 Å². The highest BCUT2D eigenvalue weighted by Gasteiger charge is 2.28. The quantitative estimate of drug-likeness (QED) is 0.546. The van der Waals surface area contributed by atoms with Crippen LogP contribution in [0.2, 0.25) is 0 Å². The predicted octanol–water partition coefficient (Wildman–Crippen LogP) is 2.66. The average molecular weight is 417 g/mol. The number of benzene rings is 1. The molecular formula is C21H16FN7O2. The van der Waals surface area contributed by atoms with Gasteiger partial charge in [-0.25, -0.2) is 14.4 Å². The maximum Gasteiger partial charge on any atom is 0.251 e. The van der Waals surface area contributed by atoms with Gasteiger partial charge in [-0.15, -0.1) is 10.2 Å². The van der Waals surface area contributed by atoms with Crippen LogP contribution in [0.15, 0.2) is 42.9 Å². The van der Waals surface area contributed by atoms with Crippen molar-refractivity contribution in [3.63, 3.8) is 0 Å². The van der Waals surface area contributed by atoms with E-state index in [1.54, 1.807) is 12.5 Å². The first-order valence-electron chi connectivity index (χ1n) is 9.80. The summed E-state index contributed by atoms with van der Waals surface area (Å²) in [5.74, 6) is -0.0269. The number of primary amides is 1. The number of halogens is 1. The number of imidazole rings is 1. The summed E-state index contributed by atoms with van der Waals surface area (Å²) in [5.41, 5.74) is 7.64. The molecule has 0 radical (unpaired) electrons. The van der Waals surface area contributed by atoms with Crippen molar-refractivity contribution < 1.29 is 13.9 Å². The van der Waals surface area contributed by atoms with Crippen molar-refractivity contribution in [2.45, 2.75) is 25.5 Å². The largest absolute Gasteiger partial charge is 0.485 e. The summed E-state index contributed by atoms with van der Waals surface area (Å²) < 4.78 is 23.7. The number of hydrogen-bond acceptors (Lipinski definition) is 6. The Bertz CT molecular complexity index is 1360. The van der Waals surface area contributed by atoms with Crippen molar-refractivity contribution >= 4 is 5.91 Å². The van der Waals surface area contributed by atoms with Crippen molar-refractivity contribution in [3.8, 4) is 34.5 Å². The van der Waals surface area contributed by atoms with Crippen LogP contribution in [-0.2, 0) is 6.61 Å². The topological polar surface area (TPSA) is 114 Å². The zero-order valence-electron chi connectivity index (χ0n) is 16.2. The van der Waals surface area contributed by atoms with E-state index >= 15 is 0 Å². The van der Waals surface area contributed by atoms with Crippen molar-refractivity contribution in [2.75, 3.05) is 0 Å². The molecule has 4 aromatic rings. The van der Waals surface area contributed by atoms with Crippen molar-refractivity contribution in [1.82, 2.24) is 29.3 Å². The fraction of sp³-hybridized carbons (Fsp3) is 0.190. The summed E-state index contributed by atoms with van der Waals surface area (Å²) in [7, 11) is 0. The standard InChI is InChI=1S/C21H16FN7O2/c22-14-7-18-17(6-13(14)19(23)30)29-12(9-31-18)8-24-20(29)15-2-1-3-16(26-15)21-27-25-10-28(21)11-4-5-11/h1-3,6-8,10-11H,4-5,9H2,(H2,23,30). The predicted molar refractivity (Wildman–Crippen MR) is 107 cm³/mol. The van der Waals surface area contributed by atoms with Crippen LogP contribution in [0.4, 0.5) is 4.39 Å². The van der Waals surface area contributed by atoms with Crippen LogP contribution in [0.5, 0.6) is 5.75 Å². The Morgan fingerprint density at radius 3 is 2.77 bits per heavy atom. The summed E-state index contributed by atoms with van der Waals surface area (Å²) in [4.78, 5) is 21.0. The molecule has 2 aliphatic rings. The molecule has 9 nitrogen and oxygen atoms in total. The molecule has 6 rings (SSSR count). The van der Waals surface area contributed by atoms with Gasteiger partial charge in [0, 0.05) is 12.1 Å². The molecule has 31 heavy (non-hydrogen) atoms. The summed E-state index contributed by atoms with van der Waals surface area (Å²) in [5, 5.41) is 8.29. The number of fused-ring (bicyclic) bond motifs is 3. The zero-order valence-corrected chi connectivity index (χ0v) is 16.2. The van der Waals surface area contributed by atoms with Gasteiger partial charge in [-0.2, -0.15) is 0 Å². The summed E-state index contributed by atoms with van der Waals surface area (Å²) in [6, 6.07) is 8.57. The lowest BCUT2D eigenvalue weighted by atomic mass is 10.1. The van der Waals surface area contributed by atoms with E-state index in [1.807, 2.05) is 27.3 Å². The van der Waals surface area contributed by atoms with Crippen molar-refractivity contribution in [2.24, 2.45) is 5.73 Å². The van der Waals surface area contributed by atoms with Gasteiger partial charge < -0.3 is 15.0 Å². The highest BCUT2D eigenvalue weighted by molar-refractivity contribution is 5.94. The molecule has 1 aromatic carbocycles. The fourth-order valence-corrected chi connectivity index (χ4v) is 3.84. The highest BCUT2D eigenvalue weighted by atomic mass is 19.1. The van der Waals surface area contributed by atoms with Crippen LogP contribution < -0.4 is 10.5 Å². The molecule has 154 valence electrons. The van der Waals surface area contributed by atoms with E-state index in [-0.39, 0.29) is 12.2 Å². The fourth-order valence-electron chi connectivity index (χ4n) is 3.84. The van der Waals surface area contributed by atoms with Crippen LogP contribution in [-0.4, -0.2) is 35.2 Å². The Hall–Kier alpha value is -4.08. The molecule has 4 heterocycles. The maximum absolute atomic E-state index is 14.2. The van der Waals surface area contributed by atoms with Gasteiger partial charge in [-0.1, -0.05) is 6.07 Å². The second kappa shape index (κ2) is 6.46. The Kier molecular flexibility index (Phi) is 3.70. The van der Waals surface area contributed by atoms with E-state index in [2.05, 4.69) is 15.2 Å². The minimum atomic E-state index is -0.853. The molecule has 0 saturated heterocycles. The van der Waals surface area contributed by atoms with Gasteiger partial charge in [0.1, 0.15) is 35.9 Å².